The van der Waals surface area contributed by atoms with Gasteiger partial charge in [-0.05, 0) is 32.4 Å². The molecular weight excluding hydrogens is 382 g/mol. The van der Waals surface area contributed by atoms with Crippen molar-refractivity contribution < 1.29 is 28.2 Å². The summed E-state index contributed by atoms with van der Waals surface area (Å²) in [6, 6.07) is 9.90. The van der Waals surface area contributed by atoms with Crippen LogP contribution in [0.4, 0.5) is 0 Å². The van der Waals surface area contributed by atoms with Gasteiger partial charge in [0.2, 0.25) is 5.75 Å². The van der Waals surface area contributed by atoms with E-state index in [-0.39, 0.29) is 12.0 Å². The quantitative estimate of drug-likeness (QED) is 0.459. The molecule has 0 saturated carbocycles. The van der Waals surface area contributed by atoms with Crippen LogP contribution in [0.5, 0.6) is 17.2 Å². The average Bonchev–Trinajstić information content (AvgIpc) is 3.15. The summed E-state index contributed by atoms with van der Waals surface area (Å²) < 4.78 is 25.2. The number of ether oxygens (including phenoxy) is 4. The first-order valence-corrected chi connectivity index (χ1v) is 10.8. The maximum Gasteiger partial charge on any atom is 0.286 e. The van der Waals surface area contributed by atoms with Gasteiger partial charge in [0.1, 0.15) is 13.1 Å². The molecule has 1 aliphatic carbocycles. The third-order valence-electron chi connectivity index (χ3n) is 6.66. The topological polar surface area (TPSA) is 54.0 Å². The van der Waals surface area contributed by atoms with Crippen molar-refractivity contribution in [3.05, 3.63) is 41.5 Å². The SMILES string of the molecule is CCOc1cc2c(c(OCC)c1OC1C(C)[N+]13CCOCC3)-c1ccccc1C2=O. The molecule has 6 heteroatoms. The summed E-state index contributed by atoms with van der Waals surface area (Å²) in [5.41, 5.74) is 3.03. The fourth-order valence-corrected chi connectivity index (χ4v) is 5.01. The number of fused-ring (bicyclic) bond motifs is 3. The number of hydrogen-bond donors (Lipinski definition) is 0. The summed E-state index contributed by atoms with van der Waals surface area (Å²) in [5.74, 6) is 1.81. The van der Waals surface area contributed by atoms with Gasteiger partial charge in [0.25, 0.3) is 6.23 Å². The highest BCUT2D eigenvalue weighted by molar-refractivity contribution is 6.23. The standard InChI is InChI=1S/C24H28NO5/c1-4-28-19-14-18-20(16-8-6-7-9-17(16)21(18)26)23(29-5-2)22(19)30-24-15(3)25(24)10-12-27-13-11-25/h6-9,14-15,24H,4-5,10-13H2,1-3H3/q+1. The number of hydrogen-bond acceptors (Lipinski definition) is 5. The number of quaternary nitrogens is 1. The van der Waals surface area contributed by atoms with Crippen LogP contribution < -0.4 is 14.2 Å². The predicted molar refractivity (Wildman–Crippen MR) is 112 cm³/mol. The summed E-state index contributed by atoms with van der Waals surface area (Å²) >= 11 is 0. The van der Waals surface area contributed by atoms with E-state index in [1.165, 1.54) is 0 Å². The molecule has 5 rings (SSSR count). The summed E-state index contributed by atoms with van der Waals surface area (Å²) in [6.45, 7) is 10.5. The average molecular weight is 410 g/mol. The number of carbonyl (C=O) groups excluding carboxylic acids is 1. The Bertz CT molecular complexity index is 995. The fraction of sp³-hybridized carbons (Fsp3) is 0.458. The number of rotatable bonds is 6. The highest BCUT2D eigenvalue weighted by Gasteiger charge is 2.66. The molecule has 2 aliphatic heterocycles. The molecule has 158 valence electrons. The zero-order valence-electron chi connectivity index (χ0n) is 17.8. The highest BCUT2D eigenvalue weighted by Crippen LogP contribution is 2.54. The van der Waals surface area contributed by atoms with Crippen LogP contribution in [0.1, 0.15) is 36.7 Å². The largest absolute Gasteiger partial charge is 0.490 e. The fourth-order valence-electron chi connectivity index (χ4n) is 5.01. The minimum atomic E-state index is 0.00512. The molecule has 2 heterocycles. The van der Waals surface area contributed by atoms with Gasteiger partial charge in [0.15, 0.2) is 23.3 Å². The molecule has 0 N–H and O–H groups in total. The van der Waals surface area contributed by atoms with E-state index in [2.05, 4.69) is 6.92 Å². The van der Waals surface area contributed by atoms with Crippen LogP contribution in [0.25, 0.3) is 11.1 Å². The molecule has 0 amide bonds. The molecule has 2 aromatic rings. The lowest BCUT2D eigenvalue weighted by Gasteiger charge is -2.26. The molecular formula is C24H28NO5+. The van der Waals surface area contributed by atoms with Crippen LogP contribution in [0, 0.1) is 0 Å². The van der Waals surface area contributed by atoms with Gasteiger partial charge in [-0.25, -0.2) is 0 Å². The van der Waals surface area contributed by atoms with Gasteiger partial charge in [-0.2, -0.15) is 0 Å². The highest BCUT2D eigenvalue weighted by atomic mass is 16.6. The van der Waals surface area contributed by atoms with E-state index in [1.54, 1.807) is 0 Å². The molecule has 2 fully saturated rings. The Hall–Kier alpha value is -2.57. The molecule has 0 radical (unpaired) electrons. The van der Waals surface area contributed by atoms with E-state index < -0.39 is 0 Å². The van der Waals surface area contributed by atoms with Crippen LogP contribution in [0.2, 0.25) is 0 Å². The van der Waals surface area contributed by atoms with Crippen LogP contribution in [-0.2, 0) is 4.74 Å². The van der Waals surface area contributed by atoms with E-state index in [0.29, 0.717) is 47.6 Å². The molecule has 2 unspecified atom stereocenters. The van der Waals surface area contributed by atoms with E-state index in [4.69, 9.17) is 18.9 Å². The van der Waals surface area contributed by atoms with Crippen molar-refractivity contribution in [1.29, 1.82) is 0 Å². The van der Waals surface area contributed by atoms with Crippen molar-refractivity contribution in [1.82, 2.24) is 0 Å². The minimum absolute atomic E-state index is 0.00512. The number of nitrogens with zero attached hydrogens (tertiary/aromatic N) is 1. The third-order valence-corrected chi connectivity index (χ3v) is 6.66. The Kier molecular flexibility index (Phi) is 4.71. The molecule has 1 spiro atoms. The van der Waals surface area contributed by atoms with Crippen LogP contribution in [-0.4, -0.2) is 62.1 Å². The van der Waals surface area contributed by atoms with Crippen molar-refractivity contribution in [2.75, 3.05) is 39.5 Å². The second-order valence-corrected chi connectivity index (χ2v) is 8.11. The van der Waals surface area contributed by atoms with Crippen LogP contribution in [0.15, 0.2) is 30.3 Å². The Morgan fingerprint density at radius 1 is 1.00 bits per heavy atom. The first-order chi connectivity index (χ1) is 14.6. The summed E-state index contributed by atoms with van der Waals surface area (Å²) in [4.78, 5) is 13.1. The molecule has 3 aliphatic rings. The van der Waals surface area contributed by atoms with Gasteiger partial charge in [-0.15, -0.1) is 0 Å². The van der Waals surface area contributed by atoms with E-state index in [9.17, 15) is 4.79 Å². The van der Waals surface area contributed by atoms with Gasteiger partial charge >= 0.3 is 0 Å². The maximum absolute atomic E-state index is 13.1. The van der Waals surface area contributed by atoms with Crippen LogP contribution >= 0.6 is 0 Å². The molecule has 2 saturated heterocycles. The van der Waals surface area contributed by atoms with Crippen molar-refractivity contribution in [3.63, 3.8) is 0 Å². The van der Waals surface area contributed by atoms with E-state index >= 15 is 0 Å². The predicted octanol–water partition coefficient (Wildman–Crippen LogP) is 3.65. The first kappa shape index (κ1) is 19.4. The number of ketones is 1. The Morgan fingerprint density at radius 3 is 2.40 bits per heavy atom. The van der Waals surface area contributed by atoms with Gasteiger partial charge < -0.3 is 18.9 Å². The molecule has 6 nitrogen and oxygen atoms in total. The molecule has 30 heavy (non-hydrogen) atoms. The summed E-state index contributed by atoms with van der Waals surface area (Å²) in [7, 11) is 0. The summed E-state index contributed by atoms with van der Waals surface area (Å²) in [5, 5.41) is 0. The number of benzene rings is 2. The van der Waals surface area contributed by atoms with Gasteiger partial charge in [0.05, 0.1) is 26.4 Å². The van der Waals surface area contributed by atoms with Crippen molar-refractivity contribution >= 4 is 5.78 Å². The van der Waals surface area contributed by atoms with Gasteiger partial charge in [-0.3, -0.25) is 9.28 Å². The third kappa shape index (κ3) is 2.74. The summed E-state index contributed by atoms with van der Waals surface area (Å²) in [6.07, 6.45) is 0.0395. The Labute approximate surface area is 176 Å². The van der Waals surface area contributed by atoms with Crippen molar-refractivity contribution in [2.24, 2.45) is 0 Å². The Balaban J connectivity index is 1.63. The lowest BCUT2D eigenvalue weighted by molar-refractivity contribution is -0.845. The van der Waals surface area contributed by atoms with E-state index in [0.717, 1.165) is 41.9 Å². The van der Waals surface area contributed by atoms with Gasteiger partial charge in [0, 0.05) is 16.7 Å². The molecule has 2 atom stereocenters. The minimum Gasteiger partial charge on any atom is -0.490 e. The van der Waals surface area contributed by atoms with Gasteiger partial charge in [-0.1, -0.05) is 24.3 Å². The second kappa shape index (κ2) is 7.29. The second-order valence-electron chi connectivity index (χ2n) is 8.11. The number of morpholine rings is 1. The molecule has 2 aromatic carbocycles. The maximum atomic E-state index is 13.1. The normalized spacial score (nSPS) is 23.1. The van der Waals surface area contributed by atoms with Crippen molar-refractivity contribution in [3.8, 4) is 28.4 Å². The molecule has 0 bridgehead atoms. The zero-order valence-corrected chi connectivity index (χ0v) is 17.8. The zero-order chi connectivity index (χ0) is 20.9. The molecule has 0 aromatic heterocycles. The lowest BCUT2D eigenvalue weighted by atomic mass is 10.0. The smallest absolute Gasteiger partial charge is 0.286 e. The van der Waals surface area contributed by atoms with Crippen molar-refractivity contribution in [2.45, 2.75) is 33.0 Å². The monoisotopic (exact) mass is 410 g/mol. The first-order valence-electron chi connectivity index (χ1n) is 10.8. The lowest BCUT2D eigenvalue weighted by Crippen LogP contribution is -2.42. The number of carbonyl (C=O) groups is 1. The van der Waals surface area contributed by atoms with E-state index in [1.807, 2.05) is 44.2 Å². The van der Waals surface area contributed by atoms with Crippen LogP contribution in [0.3, 0.4) is 0 Å². The Morgan fingerprint density at radius 2 is 1.70 bits per heavy atom.